The van der Waals surface area contributed by atoms with Crippen LogP contribution in [0.5, 0.6) is 0 Å². The number of nitrogens with zero attached hydrogens (tertiary/aromatic N) is 1. The van der Waals surface area contributed by atoms with Gasteiger partial charge in [0.1, 0.15) is 12.7 Å². The van der Waals surface area contributed by atoms with Gasteiger partial charge in [0.05, 0.1) is 12.5 Å². The fraction of sp³-hybridized carbons (Fsp3) is 0.870. The van der Waals surface area contributed by atoms with E-state index in [0.29, 0.717) is 29.8 Å². The van der Waals surface area contributed by atoms with Crippen molar-refractivity contribution in [3.63, 3.8) is 0 Å². The third-order valence-electron chi connectivity index (χ3n) is 14.0. The second-order valence-electron chi connectivity index (χ2n) is 18.3. The summed E-state index contributed by atoms with van der Waals surface area (Å²) in [6.07, 6.45) is 25.9. The third kappa shape index (κ3) is 12.2. The van der Waals surface area contributed by atoms with E-state index in [1.165, 1.54) is 64.2 Å². The van der Waals surface area contributed by atoms with E-state index in [-0.39, 0.29) is 32.4 Å². The topological polar surface area (TPSA) is 65.1 Å². The first-order chi connectivity index (χ1) is 24.4. The highest BCUT2D eigenvalue weighted by atomic mass is 16.6. The number of esters is 2. The van der Waals surface area contributed by atoms with Gasteiger partial charge in [-0.1, -0.05) is 91.5 Å². The number of hydrogen-bond donors (Lipinski definition) is 0. The maximum atomic E-state index is 12.5. The summed E-state index contributed by atoms with van der Waals surface area (Å²) in [5, 5.41) is 0. The molecule has 0 bridgehead atoms. The Morgan fingerprint density at radius 1 is 0.923 bits per heavy atom. The Kier molecular flexibility index (Phi) is 18.4. The van der Waals surface area contributed by atoms with Crippen molar-refractivity contribution < 1.29 is 23.8 Å². The summed E-state index contributed by atoms with van der Waals surface area (Å²) in [6.45, 7) is 16.4. The van der Waals surface area contributed by atoms with Crippen LogP contribution in [0.1, 0.15) is 165 Å². The molecule has 0 aromatic heterocycles. The number of unbranched alkanes of at least 4 members (excludes halogenated alkanes) is 2. The minimum Gasteiger partial charge on any atom is -0.462 e. The molecule has 6 heteroatoms. The molecule has 0 amide bonds. The van der Waals surface area contributed by atoms with Gasteiger partial charge in [-0.05, 0) is 151 Å². The van der Waals surface area contributed by atoms with Crippen molar-refractivity contribution in [2.75, 3.05) is 33.9 Å². The number of carbonyl (C=O) groups is 2. The molecule has 3 fully saturated rings. The van der Waals surface area contributed by atoms with Crippen molar-refractivity contribution in [2.24, 2.45) is 46.3 Å². The monoisotopic (exact) mass is 728 g/mol. The molecule has 0 aromatic rings. The SMILES string of the molecule is C.C/C=C\COC(=O)CC(CCCCCO[C@H]1CC[C@@]2(C)C(=CCC3C2CC[C@@]2(C)C3CC[C@@H]2[C@H](C)CCCC(C)C)C1)OC(=O)CCCN(C)C. The third-order valence-corrected chi connectivity index (χ3v) is 14.0. The van der Waals surface area contributed by atoms with E-state index in [1.807, 2.05) is 27.1 Å². The lowest BCUT2D eigenvalue weighted by Gasteiger charge is -2.58. The fourth-order valence-corrected chi connectivity index (χ4v) is 11.2. The summed E-state index contributed by atoms with van der Waals surface area (Å²) >= 11 is 0. The molecule has 4 aliphatic carbocycles. The van der Waals surface area contributed by atoms with Gasteiger partial charge >= 0.3 is 11.9 Å². The Bertz CT molecular complexity index is 1150. The molecule has 6 nitrogen and oxygen atoms in total. The van der Waals surface area contributed by atoms with E-state index < -0.39 is 6.10 Å². The molecule has 4 aliphatic rings. The van der Waals surface area contributed by atoms with Crippen LogP contribution >= 0.6 is 0 Å². The van der Waals surface area contributed by atoms with Gasteiger partial charge in [0.25, 0.3) is 0 Å². The van der Waals surface area contributed by atoms with Crippen molar-refractivity contribution in [2.45, 2.75) is 177 Å². The highest BCUT2D eigenvalue weighted by molar-refractivity contribution is 5.72. The van der Waals surface area contributed by atoms with Gasteiger partial charge in [-0.3, -0.25) is 9.59 Å². The maximum absolute atomic E-state index is 12.5. The predicted octanol–water partition coefficient (Wildman–Crippen LogP) is 11.4. The Morgan fingerprint density at radius 2 is 1.71 bits per heavy atom. The Balaban J connectivity index is 0.00000729. The van der Waals surface area contributed by atoms with Gasteiger partial charge in [-0.25, -0.2) is 0 Å². The molecular weight excluding hydrogens is 647 g/mol. The summed E-state index contributed by atoms with van der Waals surface area (Å²) < 4.78 is 17.6. The van der Waals surface area contributed by atoms with Gasteiger partial charge in [0.2, 0.25) is 0 Å². The minimum absolute atomic E-state index is 0. The van der Waals surface area contributed by atoms with Gasteiger partial charge in [-0.2, -0.15) is 0 Å². The molecule has 0 spiro atoms. The molecule has 4 unspecified atom stereocenters. The quantitative estimate of drug-likeness (QED) is 0.0666. The largest absolute Gasteiger partial charge is 0.462 e. The molecule has 0 aromatic carbocycles. The van der Waals surface area contributed by atoms with Crippen molar-refractivity contribution in [1.82, 2.24) is 4.90 Å². The molecule has 0 N–H and O–H groups in total. The first kappa shape index (κ1) is 44.7. The lowest BCUT2D eigenvalue weighted by atomic mass is 9.47. The smallest absolute Gasteiger partial charge is 0.309 e. The summed E-state index contributed by atoms with van der Waals surface area (Å²) in [5.41, 5.74) is 2.61. The Morgan fingerprint density at radius 3 is 2.44 bits per heavy atom. The molecular formula is C46H81NO5. The summed E-state index contributed by atoms with van der Waals surface area (Å²) in [7, 11) is 3.99. The fourth-order valence-electron chi connectivity index (χ4n) is 11.2. The molecule has 0 aliphatic heterocycles. The number of carbonyl (C=O) groups excluding carboxylic acids is 2. The second-order valence-corrected chi connectivity index (χ2v) is 18.3. The maximum Gasteiger partial charge on any atom is 0.309 e. The molecule has 0 radical (unpaired) electrons. The van der Waals surface area contributed by atoms with Crippen LogP contribution < -0.4 is 0 Å². The molecule has 52 heavy (non-hydrogen) atoms. The standard InChI is InChI=1S/C45H77NO5.CH4/c1-9-10-29-50-43(48)32-37(51-42(47)19-15-28-46(7)8)18-12-11-13-30-49-36-24-26-44(5)35(31-36)20-21-38-40-23-22-39(34(4)17-14-16-33(2)3)45(40,6)27-25-41(38)44;/h9-10,20,33-34,36-41H,11-19,21-32H2,1-8H3;1H4/b10-9-;/t34-,36+,37?,38?,39-,40?,41?,44+,45-;/m1./s1. The normalized spacial score (nSPS) is 31.0. The van der Waals surface area contributed by atoms with Crippen LogP contribution in [0.3, 0.4) is 0 Å². The van der Waals surface area contributed by atoms with E-state index in [2.05, 4.69) is 45.6 Å². The van der Waals surface area contributed by atoms with Crippen molar-refractivity contribution in [3.8, 4) is 0 Å². The lowest BCUT2D eigenvalue weighted by molar-refractivity contribution is -0.155. The van der Waals surface area contributed by atoms with E-state index in [9.17, 15) is 9.59 Å². The van der Waals surface area contributed by atoms with Crippen LogP contribution in [-0.4, -0.2) is 62.9 Å². The van der Waals surface area contributed by atoms with Crippen molar-refractivity contribution in [1.29, 1.82) is 0 Å². The van der Waals surface area contributed by atoms with Crippen LogP contribution in [0.2, 0.25) is 0 Å². The molecule has 300 valence electrons. The lowest BCUT2D eigenvalue weighted by Crippen LogP contribution is -2.51. The molecule has 9 atom stereocenters. The molecule has 4 rings (SSSR count). The first-order valence-corrected chi connectivity index (χ1v) is 21.3. The number of rotatable bonds is 21. The second kappa shape index (κ2) is 21.4. The van der Waals surface area contributed by atoms with Gasteiger partial charge < -0.3 is 19.1 Å². The Hall–Kier alpha value is -1.66. The number of allylic oxidation sites excluding steroid dienone is 2. The zero-order valence-corrected chi connectivity index (χ0v) is 34.2. The summed E-state index contributed by atoms with van der Waals surface area (Å²) in [5.74, 6) is 4.71. The zero-order valence-electron chi connectivity index (χ0n) is 34.2. The van der Waals surface area contributed by atoms with Gasteiger partial charge in [0.15, 0.2) is 0 Å². The number of ether oxygens (including phenoxy) is 3. The molecule has 3 saturated carbocycles. The van der Waals surface area contributed by atoms with E-state index >= 15 is 0 Å². The van der Waals surface area contributed by atoms with E-state index in [1.54, 1.807) is 11.6 Å². The van der Waals surface area contributed by atoms with Crippen molar-refractivity contribution in [3.05, 3.63) is 23.8 Å². The molecule has 0 saturated heterocycles. The average molecular weight is 728 g/mol. The Labute approximate surface area is 320 Å². The van der Waals surface area contributed by atoms with Crippen LogP contribution in [0.15, 0.2) is 23.8 Å². The van der Waals surface area contributed by atoms with E-state index in [4.69, 9.17) is 14.2 Å². The average Bonchev–Trinajstić information content (AvgIpc) is 3.43. The number of hydrogen-bond acceptors (Lipinski definition) is 6. The van der Waals surface area contributed by atoms with Gasteiger partial charge in [0, 0.05) is 13.0 Å². The van der Waals surface area contributed by atoms with Crippen LogP contribution in [-0.2, 0) is 23.8 Å². The minimum atomic E-state index is -0.431. The summed E-state index contributed by atoms with van der Waals surface area (Å²) in [6, 6.07) is 0. The zero-order chi connectivity index (χ0) is 37.0. The number of fused-ring (bicyclic) bond motifs is 5. The van der Waals surface area contributed by atoms with Crippen LogP contribution in [0.4, 0.5) is 0 Å². The van der Waals surface area contributed by atoms with Crippen LogP contribution in [0.25, 0.3) is 0 Å². The van der Waals surface area contributed by atoms with Crippen LogP contribution in [0, 0.1) is 46.3 Å². The first-order valence-electron chi connectivity index (χ1n) is 21.3. The molecule has 0 heterocycles. The van der Waals surface area contributed by atoms with Crippen molar-refractivity contribution >= 4 is 11.9 Å². The van der Waals surface area contributed by atoms with Gasteiger partial charge in [-0.15, -0.1) is 0 Å². The van der Waals surface area contributed by atoms with E-state index in [0.717, 1.165) is 80.8 Å². The highest BCUT2D eigenvalue weighted by Crippen LogP contribution is 2.67. The highest BCUT2D eigenvalue weighted by Gasteiger charge is 2.59. The summed E-state index contributed by atoms with van der Waals surface area (Å²) in [4.78, 5) is 27.0. The predicted molar refractivity (Wildman–Crippen MR) is 216 cm³/mol.